The first-order valence-corrected chi connectivity index (χ1v) is 6.59. The van der Waals surface area contributed by atoms with Crippen molar-refractivity contribution in [1.29, 1.82) is 0 Å². The van der Waals surface area contributed by atoms with E-state index in [9.17, 15) is 5.11 Å². The molecular weight excluding hydrogens is 212 g/mol. The van der Waals surface area contributed by atoms with E-state index in [1.807, 2.05) is 19.3 Å². The zero-order chi connectivity index (χ0) is 11.9. The average Bonchev–Trinajstić information content (AvgIpc) is 2.69. The Morgan fingerprint density at radius 3 is 3.06 bits per heavy atom. The number of aryl methyl sites for hydroxylation is 1. The van der Waals surface area contributed by atoms with Gasteiger partial charge in [-0.05, 0) is 38.3 Å². The Morgan fingerprint density at radius 1 is 1.35 bits per heavy atom. The van der Waals surface area contributed by atoms with E-state index in [1.54, 1.807) is 0 Å². The molecule has 0 aromatic carbocycles. The second-order valence-corrected chi connectivity index (χ2v) is 5.47. The van der Waals surface area contributed by atoms with Gasteiger partial charge in [0.25, 0.3) is 0 Å². The molecule has 2 saturated heterocycles. The van der Waals surface area contributed by atoms with Gasteiger partial charge in [-0.3, -0.25) is 9.88 Å². The van der Waals surface area contributed by atoms with Crippen molar-refractivity contribution in [3.63, 3.8) is 0 Å². The Balaban J connectivity index is 1.95. The summed E-state index contributed by atoms with van der Waals surface area (Å²) >= 11 is 0. The third-order valence-corrected chi connectivity index (χ3v) is 4.32. The minimum absolute atomic E-state index is 0.305. The molecule has 3 heterocycles. The third kappa shape index (κ3) is 1.78. The number of rotatable bonds is 1. The summed E-state index contributed by atoms with van der Waals surface area (Å²) in [5.41, 5.74) is 1.47. The Kier molecular flexibility index (Phi) is 2.68. The lowest BCUT2D eigenvalue weighted by atomic mass is 9.83. The third-order valence-electron chi connectivity index (χ3n) is 4.32. The standard InChI is InChI=1S/C14H20N2O/c1-11-8-12(10-15-9-11)14(17)5-7-16-6-3-2-4-13(14)16/h8-10,13,17H,2-7H2,1H3. The fourth-order valence-corrected chi connectivity index (χ4v) is 3.41. The van der Waals surface area contributed by atoms with Gasteiger partial charge in [0.2, 0.25) is 0 Å². The van der Waals surface area contributed by atoms with Crippen LogP contribution in [0.5, 0.6) is 0 Å². The number of hydrogen-bond donors (Lipinski definition) is 1. The summed E-state index contributed by atoms with van der Waals surface area (Å²) in [6.45, 7) is 4.20. The lowest BCUT2D eigenvalue weighted by Crippen LogP contribution is -2.45. The van der Waals surface area contributed by atoms with Gasteiger partial charge >= 0.3 is 0 Å². The van der Waals surface area contributed by atoms with Crippen LogP contribution in [0.15, 0.2) is 18.5 Å². The molecule has 3 rings (SSSR count). The first-order chi connectivity index (χ1) is 8.20. The zero-order valence-electron chi connectivity index (χ0n) is 10.4. The second-order valence-electron chi connectivity index (χ2n) is 5.47. The van der Waals surface area contributed by atoms with Crippen molar-refractivity contribution in [3.8, 4) is 0 Å². The van der Waals surface area contributed by atoms with Gasteiger partial charge in [0.1, 0.15) is 5.60 Å². The number of fused-ring (bicyclic) bond motifs is 1. The summed E-state index contributed by atoms with van der Waals surface area (Å²) in [7, 11) is 0. The predicted molar refractivity (Wildman–Crippen MR) is 66.7 cm³/mol. The molecule has 0 aliphatic carbocycles. The average molecular weight is 232 g/mol. The molecule has 17 heavy (non-hydrogen) atoms. The summed E-state index contributed by atoms with van der Waals surface area (Å²) in [6, 6.07) is 2.39. The van der Waals surface area contributed by atoms with E-state index in [0.717, 1.165) is 37.1 Å². The summed E-state index contributed by atoms with van der Waals surface area (Å²) in [4.78, 5) is 6.68. The lowest BCUT2D eigenvalue weighted by molar-refractivity contribution is -0.0141. The molecule has 2 aliphatic rings. The van der Waals surface area contributed by atoms with Crippen LogP contribution in [0.3, 0.4) is 0 Å². The summed E-state index contributed by atoms with van der Waals surface area (Å²) in [5.74, 6) is 0. The number of hydrogen-bond acceptors (Lipinski definition) is 3. The molecule has 3 nitrogen and oxygen atoms in total. The lowest BCUT2D eigenvalue weighted by Gasteiger charge is -2.37. The summed E-state index contributed by atoms with van der Waals surface area (Å²) in [5, 5.41) is 11.0. The highest BCUT2D eigenvalue weighted by Crippen LogP contribution is 2.41. The smallest absolute Gasteiger partial charge is 0.108 e. The van der Waals surface area contributed by atoms with Crippen molar-refractivity contribution in [3.05, 3.63) is 29.6 Å². The van der Waals surface area contributed by atoms with E-state index in [1.165, 1.54) is 12.8 Å². The van der Waals surface area contributed by atoms with E-state index >= 15 is 0 Å². The van der Waals surface area contributed by atoms with E-state index < -0.39 is 5.60 Å². The van der Waals surface area contributed by atoms with Gasteiger partial charge in [-0.15, -0.1) is 0 Å². The molecular formula is C14H20N2O. The van der Waals surface area contributed by atoms with Crippen molar-refractivity contribution in [2.45, 2.75) is 44.2 Å². The first kappa shape index (κ1) is 11.2. The van der Waals surface area contributed by atoms with E-state index in [2.05, 4.69) is 16.0 Å². The van der Waals surface area contributed by atoms with E-state index in [-0.39, 0.29) is 0 Å². The Labute approximate surface area is 102 Å². The van der Waals surface area contributed by atoms with Crippen LogP contribution in [-0.4, -0.2) is 34.1 Å². The van der Waals surface area contributed by atoms with Crippen LogP contribution in [0.25, 0.3) is 0 Å². The minimum atomic E-state index is -0.667. The van der Waals surface area contributed by atoms with Crippen molar-refractivity contribution >= 4 is 0 Å². The second kappa shape index (κ2) is 4.07. The molecule has 2 aliphatic heterocycles. The van der Waals surface area contributed by atoms with Crippen LogP contribution in [0.4, 0.5) is 0 Å². The van der Waals surface area contributed by atoms with Crippen LogP contribution in [0.1, 0.15) is 36.8 Å². The van der Waals surface area contributed by atoms with E-state index in [0.29, 0.717) is 6.04 Å². The fourth-order valence-electron chi connectivity index (χ4n) is 3.41. The van der Waals surface area contributed by atoms with Crippen molar-refractivity contribution in [1.82, 2.24) is 9.88 Å². The van der Waals surface area contributed by atoms with Crippen LogP contribution in [0, 0.1) is 6.92 Å². The molecule has 0 amide bonds. The SMILES string of the molecule is Cc1cncc(C2(O)CCN3CCCCC32)c1. The maximum absolute atomic E-state index is 11.0. The predicted octanol–water partition coefficient (Wildman–Crippen LogP) is 1.84. The van der Waals surface area contributed by atoms with Crippen LogP contribution in [0.2, 0.25) is 0 Å². The van der Waals surface area contributed by atoms with Crippen molar-refractivity contribution < 1.29 is 5.11 Å². The summed E-state index contributed by atoms with van der Waals surface area (Å²) in [6.07, 6.45) is 8.17. The normalized spacial score (nSPS) is 33.6. The number of aromatic nitrogens is 1. The number of pyridine rings is 1. The van der Waals surface area contributed by atoms with Gasteiger partial charge in [0.05, 0.1) is 0 Å². The number of nitrogens with zero attached hydrogens (tertiary/aromatic N) is 2. The van der Waals surface area contributed by atoms with Crippen LogP contribution in [-0.2, 0) is 5.60 Å². The fraction of sp³-hybridized carbons (Fsp3) is 0.643. The zero-order valence-corrected chi connectivity index (χ0v) is 10.4. The molecule has 0 radical (unpaired) electrons. The van der Waals surface area contributed by atoms with E-state index in [4.69, 9.17) is 0 Å². The maximum Gasteiger partial charge on any atom is 0.108 e. The molecule has 0 spiro atoms. The van der Waals surface area contributed by atoms with Gasteiger partial charge in [-0.2, -0.15) is 0 Å². The topological polar surface area (TPSA) is 36.4 Å². The molecule has 3 heteroatoms. The maximum atomic E-state index is 11.0. The largest absolute Gasteiger partial charge is 0.383 e. The highest BCUT2D eigenvalue weighted by Gasteiger charge is 2.47. The minimum Gasteiger partial charge on any atom is -0.383 e. The molecule has 1 aromatic heterocycles. The number of aliphatic hydroxyl groups is 1. The van der Waals surface area contributed by atoms with Gasteiger partial charge in [0, 0.05) is 30.5 Å². The molecule has 1 aromatic rings. The first-order valence-electron chi connectivity index (χ1n) is 6.59. The molecule has 2 fully saturated rings. The van der Waals surface area contributed by atoms with Crippen LogP contribution < -0.4 is 0 Å². The monoisotopic (exact) mass is 232 g/mol. The molecule has 0 bridgehead atoms. The Morgan fingerprint density at radius 2 is 2.24 bits per heavy atom. The highest BCUT2D eigenvalue weighted by molar-refractivity contribution is 5.27. The molecule has 1 N–H and O–H groups in total. The molecule has 92 valence electrons. The van der Waals surface area contributed by atoms with Gasteiger partial charge in [-0.1, -0.05) is 12.5 Å². The van der Waals surface area contributed by atoms with Crippen molar-refractivity contribution in [2.75, 3.05) is 13.1 Å². The van der Waals surface area contributed by atoms with Gasteiger partial charge in [0.15, 0.2) is 0 Å². The summed E-state index contributed by atoms with van der Waals surface area (Å²) < 4.78 is 0. The van der Waals surface area contributed by atoms with Gasteiger partial charge in [-0.25, -0.2) is 0 Å². The van der Waals surface area contributed by atoms with Gasteiger partial charge < -0.3 is 5.11 Å². The van der Waals surface area contributed by atoms with Crippen LogP contribution >= 0.6 is 0 Å². The Hall–Kier alpha value is -0.930. The molecule has 2 atom stereocenters. The highest BCUT2D eigenvalue weighted by atomic mass is 16.3. The van der Waals surface area contributed by atoms with Crippen molar-refractivity contribution in [2.24, 2.45) is 0 Å². The molecule has 2 unspecified atom stereocenters. The Bertz CT molecular complexity index is 420. The number of piperidine rings is 1. The quantitative estimate of drug-likeness (QED) is 0.802. The molecule has 0 saturated carbocycles.